The van der Waals surface area contributed by atoms with E-state index in [9.17, 15) is 4.79 Å². The van der Waals surface area contributed by atoms with Gasteiger partial charge in [0.15, 0.2) is 5.69 Å². The van der Waals surface area contributed by atoms with E-state index in [1.165, 1.54) is 5.56 Å². The van der Waals surface area contributed by atoms with Crippen LogP contribution in [0.4, 0.5) is 0 Å². The molecule has 0 spiro atoms. The molecule has 0 radical (unpaired) electrons. The highest BCUT2D eigenvalue weighted by Gasteiger charge is 2.10. The van der Waals surface area contributed by atoms with Gasteiger partial charge in [-0.25, -0.2) is 4.68 Å². The summed E-state index contributed by atoms with van der Waals surface area (Å²) in [5.41, 5.74) is 3.71. The first-order chi connectivity index (χ1) is 11.7. The summed E-state index contributed by atoms with van der Waals surface area (Å²) < 4.78 is 1.67. The number of hydrogen-bond donors (Lipinski definition) is 2. The van der Waals surface area contributed by atoms with Gasteiger partial charge in [0.2, 0.25) is 0 Å². The largest absolute Gasteiger partial charge is 0.351 e. The zero-order chi connectivity index (χ0) is 16.8. The number of aromatic amines is 1. The van der Waals surface area contributed by atoms with Crippen molar-refractivity contribution in [1.82, 2.24) is 30.5 Å². The number of carbonyl (C=O) groups is 1. The van der Waals surface area contributed by atoms with Gasteiger partial charge >= 0.3 is 0 Å². The van der Waals surface area contributed by atoms with E-state index >= 15 is 0 Å². The predicted octanol–water partition coefficient (Wildman–Crippen LogP) is 1.72. The Morgan fingerprint density at radius 3 is 2.88 bits per heavy atom. The van der Waals surface area contributed by atoms with E-state index in [2.05, 4.69) is 25.8 Å². The zero-order valence-electron chi connectivity index (χ0n) is 13.6. The lowest BCUT2D eigenvalue weighted by molar-refractivity contribution is 0.0948. The standard InChI is InChI=1S/C17H20N6O/c1-13-15(10-19-20-13)8-5-9-18-17(24)16-12-23(22-21-16)11-14-6-3-2-4-7-14/h2-4,6-7,10,12H,5,8-9,11H2,1H3,(H,18,24)(H,19,20). The SMILES string of the molecule is Cc1[nH]ncc1CCCNC(=O)c1cn(Cc2ccccc2)nn1. The molecule has 24 heavy (non-hydrogen) atoms. The van der Waals surface area contributed by atoms with Gasteiger partial charge in [-0.3, -0.25) is 9.89 Å². The molecule has 2 N–H and O–H groups in total. The summed E-state index contributed by atoms with van der Waals surface area (Å²) in [5.74, 6) is -0.196. The molecule has 0 saturated carbocycles. The number of aromatic nitrogens is 5. The van der Waals surface area contributed by atoms with Crippen molar-refractivity contribution >= 4 is 5.91 Å². The van der Waals surface area contributed by atoms with E-state index in [0.29, 0.717) is 18.8 Å². The summed E-state index contributed by atoms with van der Waals surface area (Å²) in [7, 11) is 0. The first-order valence-electron chi connectivity index (χ1n) is 7.93. The fourth-order valence-electron chi connectivity index (χ4n) is 2.45. The maximum absolute atomic E-state index is 12.1. The normalized spacial score (nSPS) is 10.7. The van der Waals surface area contributed by atoms with Crippen LogP contribution in [0.2, 0.25) is 0 Å². The quantitative estimate of drug-likeness (QED) is 0.648. The van der Waals surface area contributed by atoms with E-state index in [1.807, 2.05) is 43.5 Å². The number of H-pyrrole nitrogens is 1. The molecule has 1 aromatic carbocycles. The zero-order valence-corrected chi connectivity index (χ0v) is 13.6. The van der Waals surface area contributed by atoms with E-state index < -0.39 is 0 Å². The first-order valence-corrected chi connectivity index (χ1v) is 7.93. The molecular weight excluding hydrogens is 304 g/mol. The fourth-order valence-corrected chi connectivity index (χ4v) is 2.45. The van der Waals surface area contributed by atoms with Crippen LogP contribution in [0.15, 0.2) is 42.7 Å². The minimum atomic E-state index is -0.196. The number of carbonyl (C=O) groups excluding carboxylic acids is 1. The van der Waals surface area contributed by atoms with E-state index in [-0.39, 0.29) is 5.91 Å². The minimum absolute atomic E-state index is 0.196. The lowest BCUT2D eigenvalue weighted by Gasteiger charge is -2.02. The topological polar surface area (TPSA) is 88.5 Å². The molecule has 3 rings (SSSR count). The van der Waals surface area contributed by atoms with Crippen molar-refractivity contribution in [3.63, 3.8) is 0 Å². The molecule has 0 saturated heterocycles. The second-order valence-electron chi connectivity index (χ2n) is 5.67. The van der Waals surface area contributed by atoms with Crippen molar-refractivity contribution < 1.29 is 4.79 Å². The van der Waals surface area contributed by atoms with Crippen LogP contribution in [0.1, 0.15) is 33.7 Å². The van der Waals surface area contributed by atoms with Gasteiger partial charge in [-0.05, 0) is 30.9 Å². The molecule has 3 aromatic rings. The molecular formula is C17H20N6O. The van der Waals surface area contributed by atoms with Gasteiger partial charge < -0.3 is 5.32 Å². The van der Waals surface area contributed by atoms with Crippen LogP contribution in [-0.2, 0) is 13.0 Å². The summed E-state index contributed by atoms with van der Waals surface area (Å²) in [6, 6.07) is 9.94. The van der Waals surface area contributed by atoms with Gasteiger partial charge in [-0.2, -0.15) is 5.10 Å². The Hall–Kier alpha value is -2.96. The molecule has 0 aliphatic carbocycles. The molecule has 2 aromatic heterocycles. The molecule has 0 bridgehead atoms. The number of benzene rings is 1. The smallest absolute Gasteiger partial charge is 0.273 e. The van der Waals surface area contributed by atoms with Crippen LogP contribution in [-0.4, -0.2) is 37.6 Å². The Morgan fingerprint density at radius 1 is 1.29 bits per heavy atom. The van der Waals surface area contributed by atoms with Gasteiger partial charge in [0.05, 0.1) is 18.9 Å². The maximum Gasteiger partial charge on any atom is 0.273 e. The highest BCUT2D eigenvalue weighted by atomic mass is 16.2. The van der Waals surface area contributed by atoms with Gasteiger partial charge in [-0.15, -0.1) is 5.10 Å². The molecule has 0 aliphatic heterocycles. The molecule has 0 unspecified atom stereocenters. The number of aryl methyl sites for hydroxylation is 2. The van der Waals surface area contributed by atoms with Crippen molar-refractivity contribution in [1.29, 1.82) is 0 Å². The number of nitrogens with one attached hydrogen (secondary N) is 2. The second kappa shape index (κ2) is 7.54. The molecule has 7 nitrogen and oxygen atoms in total. The third-order valence-corrected chi connectivity index (χ3v) is 3.80. The molecule has 1 amide bonds. The van der Waals surface area contributed by atoms with Crippen molar-refractivity contribution in [2.24, 2.45) is 0 Å². The van der Waals surface area contributed by atoms with Crippen molar-refractivity contribution in [3.8, 4) is 0 Å². The number of hydrogen-bond acceptors (Lipinski definition) is 4. The van der Waals surface area contributed by atoms with Crippen molar-refractivity contribution in [2.75, 3.05) is 6.54 Å². The fraction of sp³-hybridized carbons (Fsp3) is 0.294. The summed E-state index contributed by atoms with van der Waals surface area (Å²) >= 11 is 0. The van der Waals surface area contributed by atoms with Crippen molar-refractivity contribution in [2.45, 2.75) is 26.3 Å². The second-order valence-corrected chi connectivity index (χ2v) is 5.67. The number of rotatable bonds is 7. The highest BCUT2D eigenvalue weighted by Crippen LogP contribution is 2.05. The number of nitrogens with zero attached hydrogens (tertiary/aromatic N) is 4. The minimum Gasteiger partial charge on any atom is -0.351 e. The maximum atomic E-state index is 12.1. The van der Waals surface area contributed by atoms with Crippen LogP contribution in [0.25, 0.3) is 0 Å². The molecule has 2 heterocycles. The monoisotopic (exact) mass is 324 g/mol. The lowest BCUT2D eigenvalue weighted by Crippen LogP contribution is -2.25. The number of amides is 1. The summed E-state index contributed by atoms with van der Waals surface area (Å²) in [6.07, 6.45) is 5.22. The van der Waals surface area contributed by atoms with Crippen LogP contribution in [0, 0.1) is 6.92 Å². The van der Waals surface area contributed by atoms with Gasteiger partial charge in [0.25, 0.3) is 5.91 Å². The molecule has 124 valence electrons. The predicted molar refractivity (Wildman–Crippen MR) is 89.5 cm³/mol. The Kier molecular flexibility index (Phi) is 5.00. The van der Waals surface area contributed by atoms with Crippen LogP contribution in [0.3, 0.4) is 0 Å². The molecule has 0 atom stereocenters. The van der Waals surface area contributed by atoms with Crippen LogP contribution in [0.5, 0.6) is 0 Å². The lowest BCUT2D eigenvalue weighted by atomic mass is 10.1. The Balaban J connectivity index is 1.46. The third kappa shape index (κ3) is 4.07. The Bertz CT molecular complexity index is 792. The summed E-state index contributed by atoms with van der Waals surface area (Å²) in [4.78, 5) is 12.1. The Labute approximate surface area is 140 Å². The van der Waals surface area contributed by atoms with Gasteiger partial charge in [0.1, 0.15) is 0 Å². The molecule has 0 aliphatic rings. The van der Waals surface area contributed by atoms with E-state index in [4.69, 9.17) is 0 Å². The van der Waals surface area contributed by atoms with Gasteiger partial charge in [0, 0.05) is 12.2 Å². The molecule has 7 heteroatoms. The van der Waals surface area contributed by atoms with Crippen molar-refractivity contribution in [3.05, 3.63) is 65.2 Å². The van der Waals surface area contributed by atoms with Crippen LogP contribution >= 0.6 is 0 Å². The Morgan fingerprint density at radius 2 is 2.12 bits per heavy atom. The van der Waals surface area contributed by atoms with E-state index in [1.54, 1.807) is 10.9 Å². The van der Waals surface area contributed by atoms with E-state index in [0.717, 1.165) is 24.1 Å². The average molecular weight is 324 g/mol. The summed E-state index contributed by atoms with van der Waals surface area (Å²) in [6.45, 7) is 3.18. The van der Waals surface area contributed by atoms with Crippen LogP contribution < -0.4 is 5.32 Å². The van der Waals surface area contributed by atoms with Gasteiger partial charge in [-0.1, -0.05) is 35.5 Å². The summed E-state index contributed by atoms with van der Waals surface area (Å²) in [5, 5.41) is 17.7. The third-order valence-electron chi connectivity index (χ3n) is 3.80. The average Bonchev–Trinajstić information content (AvgIpc) is 3.22. The molecule has 0 fully saturated rings. The first kappa shape index (κ1) is 15.9. The highest BCUT2D eigenvalue weighted by molar-refractivity contribution is 5.91.